The Hall–Kier alpha value is -1.04. The number of hydrogen-bond acceptors (Lipinski definition) is 4. The monoisotopic (exact) mass is 351 g/mol. The van der Waals surface area contributed by atoms with Gasteiger partial charge in [-0.15, -0.1) is 4.72 Å². The molecule has 0 spiro atoms. The molecule has 0 radical (unpaired) electrons. The summed E-state index contributed by atoms with van der Waals surface area (Å²) in [6.07, 6.45) is 2.29. The van der Waals surface area contributed by atoms with Gasteiger partial charge in [0.15, 0.2) is 0 Å². The van der Waals surface area contributed by atoms with Gasteiger partial charge in [0.2, 0.25) is 0 Å². The van der Waals surface area contributed by atoms with Crippen molar-refractivity contribution in [3.8, 4) is 0 Å². The Morgan fingerprint density at radius 2 is 1.71 bits per heavy atom. The smallest absolute Gasteiger partial charge is 0.338 e. The fraction of sp³-hybridized carbons (Fsp3) is 0.632. The number of rotatable bonds is 5. The van der Waals surface area contributed by atoms with E-state index in [2.05, 4.69) is 4.72 Å². The van der Waals surface area contributed by atoms with Crippen LogP contribution in [0.2, 0.25) is 0 Å². The van der Waals surface area contributed by atoms with Crippen molar-refractivity contribution < 1.29 is 14.1 Å². The fourth-order valence-corrected chi connectivity index (χ4v) is 3.23. The average Bonchev–Trinajstić information content (AvgIpc) is 3.26. The van der Waals surface area contributed by atoms with Gasteiger partial charge in [-0.05, 0) is 78.0 Å². The third-order valence-electron chi connectivity index (χ3n) is 3.79. The van der Waals surface area contributed by atoms with Gasteiger partial charge in [0, 0.05) is 11.4 Å². The second kappa shape index (κ2) is 7.06. The molecule has 1 fully saturated rings. The third-order valence-corrected chi connectivity index (χ3v) is 5.37. The first-order valence-electron chi connectivity index (χ1n) is 8.49. The molecule has 134 valence electrons. The van der Waals surface area contributed by atoms with E-state index in [0.29, 0.717) is 11.5 Å². The van der Waals surface area contributed by atoms with Crippen LogP contribution in [0, 0.1) is 5.92 Å². The zero-order chi connectivity index (χ0) is 18.1. The molecule has 1 aromatic rings. The van der Waals surface area contributed by atoms with Crippen molar-refractivity contribution in [3.05, 3.63) is 35.4 Å². The predicted octanol–water partition coefficient (Wildman–Crippen LogP) is 4.14. The first-order chi connectivity index (χ1) is 11.0. The Bertz CT molecular complexity index is 568. The zero-order valence-corrected chi connectivity index (χ0v) is 16.3. The molecule has 0 heterocycles. The lowest BCUT2D eigenvalue weighted by atomic mass is 10.0. The summed E-state index contributed by atoms with van der Waals surface area (Å²) in [5, 5.41) is 0. The van der Waals surface area contributed by atoms with E-state index in [4.69, 9.17) is 4.74 Å². The standard InChI is InChI=1S/C19H29NO3S/c1-18(2,3)23-17(21)15-11-9-14(10-12-15)16(13-7-8-13)20-24(22)19(4,5)6/h9-13,16,20H,7-8H2,1-6H3/t16-,24?/m0/s1. The topological polar surface area (TPSA) is 61.4 Å². The molecule has 1 aliphatic rings. The van der Waals surface area contributed by atoms with Gasteiger partial charge in [-0.2, -0.15) is 0 Å². The molecule has 0 aliphatic heterocycles. The van der Waals surface area contributed by atoms with Gasteiger partial charge in [0.05, 0.1) is 11.6 Å². The molecule has 1 aliphatic carbocycles. The van der Waals surface area contributed by atoms with Crippen molar-refractivity contribution >= 4 is 17.3 Å². The SMILES string of the molecule is CC(C)(C)OC(=O)c1ccc([C@@H](N[S+]([O-])C(C)(C)C)C2CC2)cc1. The molecular formula is C19H29NO3S. The average molecular weight is 352 g/mol. The number of esters is 1. The summed E-state index contributed by atoms with van der Waals surface area (Å²) in [6, 6.07) is 7.53. The molecule has 5 heteroatoms. The van der Waals surface area contributed by atoms with Gasteiger partial charge in [0.25, 0.3) is 0 Å². The first-order valence-corrected chi connectivity index (χ1v) is 9.64. The highest BCUT2D eigenvalue weighted by atomic mass is 32.2. The van der Waals surface area contributed by atoms with Gasteiger partial charge >= 0.3 is 5.97 Å². The molecule has 0 aromatic heterocycles. The molecule has 0 bridgehead atoms. The number of carbonyl (C=O) groups excluding carboxylic acids is 1. The van der Waals surface area contributed by atoms with E-state index in [0.717, 1.165) is 18.4 Å². The fourth-order valence-electron chi connectivity index (χ4n) is 2.32. The van der Waals surface area contributed by atoms with Gasteiger partial charge in [-0.25, -0.2) is 4.79 Å². The summed E-state index contributed by atoms with van der Waals surface area (Å²) >= 11 is -1.12. The van der Waals surface area contributed by atoms with Gasteiger partial charge in [-0.3, -0.25) is 0 Å². The number of benzene rings is 1. The molecular weight excluding hydrogens is 322 g/mol. The Kier molecular flexibility index (Phi) is 5.68. The van der Waals surface area contributed by atoms with Crippen molar-refractivity contribution in [3.63, 3.8) is 0 Å². The van der Waals surface area contributed by atoms with Crippen LogP contribution in [0.1, 0.15) is 76.3 Å². The van der Waals surface area contributed by atoms with E-state index in [1.54, 1.807) is 12.1 Å². The van der Waals surface area contributed by atoms with Crippen molar-refractivity contribution in [2.45, 2.75) is 70.8 Å². The third kappa shape index (κ3) is 5.50. The van der Waals surface area contributed by atoms with Crippen LogP contribution in [0.5, 0.6) is 0 Å². The van der Waals surface area contributed by atoms with Gasteiger partial charge in [-0.1, -0.05) is 12.1 Å². The summed E-state index contributed by atoms with van der Waals surface area (Å²) in [6.45, 7) is 11.5. The van der Waals surface area contributed by atoms with E-state index in [-0.39, 0.29) is 16.8 Å². The van der Waals surface area contributed by atoms with Crippen LogP contribution in [0.15, 0.2) is 24.3 Å². The highest BCUT2D eigenvalue weighted by Gasteiger charge is 2.38. The van der Waals surface area contributed by atoms with Crippen LogP contribution in [-0.2, 0) is 16.1 Å². The summed E-state index contributed by atoms with van der Waals surface area (Å²) in [5.41, 5.74) is 1.11. The Morgan fingerprint density at radius 1 is 1.17 bits per heavy atom. The minimum atomic E-state index is -1.12. The highest BCUT2D eigenvalue weighted by Crippen LogP contribution is 2.42. The normalized spacial score (nSPS) is 18.1. The lowest BCUT2D eigenvalue weighted by Crippen LogP contribution is -2.41. The summed E-state index contributed by atoms with van der Waals surface area (Å²) < 4.78 is 20.8. The van der Waals surface area contributed by atoms with Crippen LogP contribution >= 0.6 is 0 Å². The Balaban J connectivity index is 2.11. The lowest BCUT2D eigenvalue weighted by Gasteiger charge is -2.28. The van der Waals surface area contributed by atoms with Crippen molar-refractivity contribution in [1.29, 1.82) is 0 Å². The van der Waals surface area contributed by atoms with Gasteiger partial charge in [0.1, 0.15) is 10.3 Å². The largest absolute Gasteiger partial charge is 0.598 e. The van der Waals surface area contributed by atoms with Crippen molar-refractivity contribution in [2.24, 2.45) is 5.92 Å². The predicted molar refractivity (Wildman–Crippen MR) is 98.1 cm³/mol. The number of carbonyl (C=O) groups is 1. The molecule has 2 atom stereocenters. The first kappa shape index (κ1) is 19.3. The van der Waals surface area contributed by atoms with Crippen LogP contribution in [0.25, 0.3) is 0 Å². The van der Waals surface area contributed by atoms with Crippen LogP contribution in [0.4, 0.5) is 0 Å². The molecule has 2 rings (SSSR count). The summed E-state index contributed by atoms with van der Waals surface area (Å²) in [4.78, 5) is 12.1. The molecule has 1 aromatic carbocycles. The van der Waals surface area contributed by atoms with E-state index in [9.17, 15) is 9.35 Å². The van der Waals surface area contributed by atoms with E-state index < -0.39 is 17.0 Å². The minimum absolute atomic E-state index is 0.0674. The molecule has 24 heavy (non-hydrogen) atoms. The van der Waals surface area contributed by atoms with Crippen molar-refractivity contribution in [2.75, 3.05) is 0 Å². The second-order valence-electron chi connectivity index (χ2n) is 8.44. The highest BCUT2D eigenvalue weighted by molar-refractivity contribution is 7.90. The minimum Gasteiger partial charge on any atom is -0.598 e. The number of nitrogens with one attached hydrogen (secondary N) is 1. The molecule has 0 amide bonds. The summed E-state index contributed by atoms with van der Waals surface area (Å²) in [7, 11) is 0. The summed E-state index contributed by atoms with van der Waals surface area (Å²) in [5.74, 6) is 0.201. The molecule has 1 saturated carbocycles. The lowest BCUT2D eigenvalue weighted by molar-refractivity contribution is 0.00695. The van der Waals surface area contributed by atoms with Crippen LogP contribution < -0.4 is 4.72 Å². The molecule has 0 saturated heterocycles. The number of hydrogen-bond donors (Lipinski definition) is 1. The maximum atomic E-state index is 12.4. The quantitative estimate of drug-likeness (QED) is 0.639. The Morgan fingerprint density at radius 3 is 2.12 bits per heavy atom. The van der Waals surface area contributed by atoms with E-state index >= 15 is 0 Å². The van der Waals surface area contributed by atoms with E-state index in [1.807, 2.05) is 53.7 Å². The molecule has 1 unspecified atom stereocenters. The number of ether oxygens (including phenoxy) is 1. The maximum absolute atomic E-state index is 12.4. The van der Waals surface area contributed by atoms with Gasteiger partial charge < -0.3 is 9.29 Å². The second-order valence-corrected chi connectivity index (χ2v) is 10.4. The van der Waals surface area contributed by atoms with E-state index in [1.165, 1.54) is 0 Å². The van der Waals surface area contributed by atoms with Crippen molar-refractivity contribution in [1.82, 2.24) is 4.72 Å². The Labute approximate surface area is 148 Å². The molecule has 1 N–H and O–H groups in total. The van der Waals surface area contributed by atoms with Crippen LogP contribution in [-0.4, -0.2) is 20.9 Å². The maximum Gasteiger partial charge on any atom is 0.338 e. The van der Waals surface area contributed by atoms with Crippen LogP contribution in [0.3, 0.4) is 0 Å². The zero-order valence-electron chi connectivity index (χ0n) is 15.5. The molecule has 4 nitrogen and oxygen atoms in total.